The summed E-state index contributed by atoms with van der Waals surface area (Å²) in [6.45, 7) is 1.82. The first kappa shape index (κ1) is 14.0. The molecule has 0 spiro atoms. The highest BCUT2D eigenvalue weighted by molar-refractivity contribution is 9.10. The van der Waals surface area contributed by atoms with Gasteiger partial charge in [0.1, 0.15) is 0 Å². The summed E-state index contributed by atoms with van der Waals surface area (Å²) in [5.74, 6) is -0.0931. The van der Waals surface area contributed by atoms with Gasteiger partial charge in [-0.25, -0.2) is 8.42 Å². The summed E-state index contributed by atoms with van der Waals surface area (Å²) >= 11 is 3.35. The summed E-state index contributed by atoms with van der Waals surface area (Å²) in [6.07, 6.45) is 0. The van der Waals surface area contributed by atoms with Gasteiger partial charge in [0.05, 0.1) is 10.8 Å². The van der Waals surface area contributed by atoms with E-state index in [1.165, 1.54) is 0 Å². The van der Waals surface area contributed by atoms with Gasteiger partial charge in [0.15, 0.2) is 9.84 Å². The van der Waals surface area contributed by atoms with E-state index >= 15 is 0 Å². The van der Waals surface area contributed by atoms with Crippen LogP contribution in [-0.2, 0) is 9.84 Å². The van der Waals surface area contributed by atoms with Crippen LogP contribution in [-0.4, -0.2) is 31.5 Å². The maximum absolute atomic E-state index is 12.0. The summed E-state index contributed by atoms with van der Waals surface area (Å²) < 4.78 is 25.0. The fourth-order valence-electron chi connectivity index (χ4n) is 2.54. The topological polar surface area (TPSA) is 86.2 Å². The number of hydrogen-bond donors (Lipinski definition) is 2. The van der Waals surface area contributed by atoms with Crippen LogP contribution in [0.5, 0.6) is 0 Å². The molecule has 3 unspecified atom stereocenters. The zero-order chi connectivity index (χ0) is 13.6. The van der Waals surface area contributed by atoms with Crippen molar-refractivity contribution >= 4 is 25.8 Å². The second kappa shape index (κ2) is 4.59. The van der Waals surface area contributed by atoms with Gasteiger partial charge < -0.3 is 11.5 Å². The van der Waals surface area contributed by atoms with Crippen molar-refractivity contribution < 1.29 is 8.42 Å². The van der Waals surface area contributed by atoms with Crippen molar-refractivity contribution in [2.45, 2.75) is 23.6 Å². The average molecular weight is 333 g/mol. The molecule has 0 saturated heterocycles. The normalized spacial score (nSPS) is 31.3. The van der Waals surface area contributed by atoms with Gasteiger partial charge in [0, 0.05) is 22.7 Å². The molecule has 0 aromatic heterocycles. The lowest BCUT2D eigenvalue weighted by Gasteiger charge is -2.07. The molecule has 0 aliphatic heterocycles. The van der Waals surface area contributed by atoms with Gasteiger partial charge in [-0.05, 0) is 17.7 Å². The van der Waals surface area contributed by atoms with E-state index in [-0.39, 0.29) is 18.2 Å². The van der Waals surface area contributed by atoms with Crippen molar-refractivity contribution in [2.75, 3.05) is 12.3 Å². The van der Waals surface area contributed by atoms with E-state index < -0.39 is 20.6 Å². The molecule has 0 heterocycles. The van der Waals surface area contributed by atoms with Crippen LogP contribution in [0.25, 0.3) is 0 Å². The highest BCUT2D eigenvalue weighted by atomic mass is 79.9. The molecule has 2 rings (SSSR count). The quantitative estimate of drug-likeness (QED) is 0.861. The second-order valence-corrected chi connectivity index (χ2v) is 8.04. The van der Waals surface area contributed by atoms with Crippen molar-refractivity contribution in [3.63, 3.8) is 0 Å². The number of nitrogens with two attached hydrogens (primary N) is 2. The van der Waals surface area contributed by atoms with Crippen molar-refractivity contribution in [1.29, 1.82) is 0 Å². The van der Waals surface area contributed by atoms with Gasteiger partial charge in [0.25, 0.3) is 0 Å². The summed E-state index contributed by atoms with van der Waals surface area (Å²) in [5.41, 5.74) is 11.9. The van der Waals surface area contributed by atoms with E-state index in [1.54, 1.807) is 6.92 Å². The maximum Gasteiger partial charge on any atom is 0.155 e. The monoisotopic (exact) mass is 332 g/mol. The Hall–Kier alpha value is -0.430. The van der Waals surface area contributed by atoms with Crippen molar-refractivity contribution in [2.24, 2.45) is 11.5 Å². The van der Waals surface area contributed by atoms with Crippen LogP contribution >= 0.6 is 15.9 Å². The molecule has 0 radical (unpaired) electrons. The second-order valence-electron chi connectivity index (χ2n) is 4.72. The molecule has 1 aliphatic carbocycles. The summed E-state index contributed by atoms with van der Waals surface area (Å²) in [7, 11) is -3.17. The third kappa shape index (κ3) is 2.11. The highest BCUT2D eigenvalue weighted by Gasteiger charge is 2.67. The fraction of sp³-hybridized carbons (Fsp3) is 0.500. The van der Waals surface area contributed by atoms with Crippen molar-refractivity contribution in [3.8, 4) is 0 Å². The predicted octanol–water partition coefficient (Wildman–Crippen LogP) is 1.01. The first-order valence-electron chi connectivity index (χ1n) is 5.83. The van der Waals surface area contributed by atoms with Crippen LogP contribution in [0.1, 0.15) is 18.4 Å². The van der Waals surface area contributed by atoms with Crippen LogP contribution in [0.4, 0.5) is 0 Å². The van der Waals surface area contributed by atoms with Crippen LogP contribution < -0.4 is 11.5 Å². The first-order valence-corrected chi connectivity index (χ1v) is 8.33. The number of benzene rings is 1. The van der Waals surface area contributed by atoms with Crippen LogP contribution in [0.15, 0.2) is 28.7 Å². The Morgan fingerprint density at radius 1 is 1.33 bits per heavy atom. The third-order valence-corrected chi connectivity index (χ3v) is 6.49. The predicted molar refractivity (Wildman–Crippen MR) is 76.1 cm³/mol. The van der Waals surface area contributed by atoms with Crippen LogP contribution in [0, 0.1) is 0 Å². The molecular weight excluding hydrogens is 316 g/mol. The van der Waals surface area contributed by atoms with Crippen molar-refractivity contribution in [1.82, 2.24) is 0 Å². The van der Waals surface area contributed by atoms with Gasteiger partial charge >= 0.3 is 0 Å². The third-order valence-electron chi connectivity index (χ3n) is 3.67. The summed E-state index contributed by atoms with van der Waals surface area (Å²) in [4.78, 5) is 0. The van der Waals surface area contributed by atoms with Gasteiger partial charge in [-0.1, -0.05) is 35.0 Å². The number of sulfone groups is 1. The Bertz CT molecular complexity index is 544. The molecule has 4 nitrogen and oxygen atoms in total. The van der Waals surface area contributed by atoms with Crippen LogP contribution in [0.3, 0.4) is 0 Å². The zero-order valence-corrected chi connectivity index (χ0v) is 12.5. The fourth-order valence-corrected chi connectivity index (χ4v) is 4.82. The molecule has 1 fully saturated rings. The van der Waals surface area contributed by atoms with E-state index in [1.807, 2.05) is 24.3 Å². The molecule has 100 valence electrons. The first-order chi connectivity index (χ1) is 8.36. The molecule has 0 bridgehead atoms. The Labute approximate surface area is 116 Å². The standard InChI is InChI=1S/C12H17BrN2O2S/c1-2-18(16,17)11-10(12(11,15)7-14)8-3-5-9(13)6-4-8/h3-6,10-11H,2,7,14-15H2,1H3. The Morgan fingerprint density at radius 2 is 1.89 bits per heavy atom. The summed E-state index contributed by atoms with van der Waals surface area (Å²) in [5, 5.41) is -0.554. The largest absolute Gasteiger partial charge is 0.329 e. The van der Waals surface area contributed by atoms with Crippen molar-refractivity contribution in [3.05, 3.63) is 34.3 Å². The maximum atomic E-state index is 12.0. The van der Waals surface area contributed by atoms with Gasteiger partial charge in [-0.15, -0.1) is 0 Å². The molecule has 1 aliphatic rings. The molecule has 1 aromatic carbocycles. The Balaban J connectivity index is 2.37. The smallest absolute Gasteiger partial charge is 0.155 e. The zero-order valence-electron chi connectivity index (χ0n) is 10.1. The van der Waals surface area contributed by atoms with Gasteiger partial charge in [-0.2, -0.15) is 0 Å². The Morgan fingerprint density at radius 3 is 2.33 bits per heavy atom. The Kier molecular flexibility index (Phi) is 3.57. The van der Waals surface area contributed by atoms with E-state index in [0.717, 1.165) is 10.0 Å². The molecule has 1 aromatic rings. The average Bonchev–Trinajstić information content (AvgIpc) is 2.98. The number of halogens is 1. The molecule has 18 heavy (non-hydrogen) atoms. The lowest BCUT2D eigenvalue weighted by molar-refractivity contribution is 0.587. The van der Waals surface area contributed by atoms with Gasteiger partial charge in [-0.3, -0.25) is 0 Å². The highest BCUT2D eigenvalue weighted by Crippen LogP contribution is 2.53. The molecule has 1 saturated carbocycles. The number of hydrogen-bond acceptors (Lipinski definition) is 4. The SMILES string of the molecule is CCS(=O)(=O)C1C(c2ccc(Br)cc2)C1(N)CN. The molecule has 4 N–H and O–H groups in total. The summed E-state index contributed by atoms with van der Waals surface area (Å²) in [6, 6.07) is 7.58. The lowest BCUT2D eigenvalue weighted by atomic mass is 10.1. The van der Waals surface area contributed by atoms with Gasteiger partial charge in [0.2, 0.25) is 0 Å². The molecule has 3 atom stereocenters. The lowest BCUT2D eigenvalue weighted by Crippen LogP contribution is -2.39. The van der Waals surface area contributed by atoms with E-state index in [0.29, 0.717) is 0 Å². The minimum absolute atomic E-state index is 0.101. The molecular formula is C12H17BrN2O2S. The number of rotatable bonds is 4. The molecule has 6 heteroatoms. The molecule has 0 amide bonds. The van der Waals surface area contributed by atoms with E-state index in [9.17, 15) is 8.42 Å². The van der Waals surface area contributed by atoms with Crippen LogP contribution in [0.2, 0.25) is 0 Å². The van der Waals surface area contributed by atoms with E-state index in [2.05, 4.69) is 15.9 Å². The minimum Gasteiger partial charge on any atom is -0.329 e. The minimum atomic E-state index is -3.17. The van der Waals surface area contributed by atoms with E-state index in [4.69, 9.17) is 11.5 Å².